The number of benzene rings is 1. The number of aromatic nitrogens is 3. The Morgan fingerprint density at radius 1 is 1.36 bits per heavy atom. The van der Waals surface area contributed by atoms with Crippen LogP contribution >= 0.6 is 0 Å². The van der Waals surface area contributed by atoms with Crippen molar-refractivity contribution in [3.8, 4) is 0 Å². The average Bonchev–Trinajstić information content (AvgIpc) is 3.22. The number of carbonyl (C=O) groups is 1. The second-order valence-corrected chi connectivity index (χ2v) is 6.51. The molecule has 0 unspecified atom stereocenters. The molecule has 0 fully saturated rings. The molecule has 1 atom stereocenters. The zero-order valence-corrected chi connectivity index (χ0v) is 14.2. The number of aryl methyl sites for hydroxylation is 2. The summed E-state index contributed by atoms with van der Waals surface area (Å²) < 4.78 is 7.73. The van der Waals surface area contributed by atoms with Crippen LogP contribution in [0.2, 0.25) is 0 Å². The summed E-state index contributed by atoms with van der Waals surface area (Å²) in [6, 6.07) is 5.57. The van der Waals surface area contributed by atoms with E-state index in [1.165, 1.54) is 18.3 Å². The number of furan rings is 1. The summed E-state index contributed by atoms with van der Waals surface area (Å²) in [4.78, 5) is 16.2. The molecule has 7 heteroatoms. The van der Waals surface area contributed by atoms with Crippen molar-refractivity contribution in [3.05, 3.63) is 42.2 Å². The van der Waals surface area contributed by atoms with Crippen molar-refractivity contribution in [1.82, 2.24) is 20.1 Å². The van der Waals surface area contributed by atoms with Crippen molar-refractivity contribution in [2.75, 3.05) is 5.32 Å². The standard InChI is InChI=1S/C18H21N5O2/c1-12(9-23-11-19-10-20-23)21-18(24)22-15-7-4-6-14-13-5-2-3-8-16(13)25-17(14)15/h4,6-7,10-12H,2-3,5,8-9H2,1H3,(H2,21,22,24)/t12-/m1/s1. The van der Waals surface area contributed by atoms with E-state index >= 15 is 0 Å². The Balaban J connectivity index is 1.48. The second-order valence-electron chi connectivity index (χ2n) is 6.51. The molecular formula is C18H21N5O2. The van der Waals surface area contributed by atoms with Crippen LogP contribution in [0.4, 0.5) is 10.5 Å². The molecule has 25 heavy (non-hydrogen) atoms. The summed E-state index contributed by atoms with van der Waals surface area (Å²) in [6.07, 6.45) is 7.49. The molecule has 2 aromatic heterocycles. The van der Waals surface area contributed by atoms with E-state index in [0.717, 1.165) is 36.0 Å². The fourth-order valence-electron chi connectivity index (χ4n) is 3.42. The first kappa shape index (κ1) is 15.7. The maximum atomic E-state index is 12.3. The van der Waals surface area contributed by atoms with Gasteiger partial charge in [-0.15, -0.1) is 0 Å². The van der Waals surface area contributed by atoms with Gasteiger partial charge in [-0.2, -0.15) is 5.10 Å². The summed E-state index contributed by atoms with van der Waals surface area (Å²) in [7, 11) is 0. The zero-order valence-electron chi connectivity index (χ0n) is 14.2. The first-order valence-corrected chi connectivity index (χ1v) is 8.64. The summed E-state index contributed by atoms with van der Waals surface area (Å²) in [6.45, 7) is 2.49. The quantitative estimate of drug-likeness (QED) is 0.765. The Bertz CT molecular complexity index is 884. The summed E-state index contributed by atoms with van der Waals surface area (Å²) in [5.74, 6) is 1.07. The third-order valence-electron chi connectivity index (χ3n) is 4.54. The molecule has 4 rings (SSSR count). The minimum absolute atomic E-state index is 0.0780. The molecule has 1 aromatic carbocycles. The van der Waals surface area contributed by atoms with Crippen molar-refractivity contribution in [2.24, 2.45) is 0 Å². The van der Waals surface area contributed by atoms with Gasteiger partial charge in [-0.1, -0.05) is 12.1 Å². The maximum absolute atomic E-state index is 12.3. The first-order valence-electron chi connectivity index (χ1n) is 8.64. The van der Waals surface area contributed by atoms with Gasteiger partial charge < -0.3 is 15.1 Å². The van der Waals surface area contributed by atoms with Crippen LogP contribution in [0.3, 0.4) is 0 Å². The number of amides is 2. The molecule has 0 bridgehead atoms. The Morgan fingerprint density at radius 2 is 2.24 bits per heavy atom. The molecule has 1 aliphatic carbocycles. The number of carbonyl (C=O) groups excluding carboxylic acids is 1. The van der Waals surface area contributed by atoms with E-state index in [4.69, 9.17) is 4.42 Å². The molecular weight excluding hydrogens is 318 g/mol. The molecule has 0 radical (unpaired) electrons. The fraction of sp³-hybridized carbons (Fsp3) is 0.389. The monoisotopic (exact) mass is 339 g/mol. The lowest BCUT2D eigenvalue weighted by molar-refractivity contribution is 0.247. The first-order chi connectivity index (χ1) is 12.2. The highest BCUT2D eigenvalue weighted by atomic mass is 16.3. The summed E-state index contributed by atoms with van der Waals surface area (Å²) in [5, 5.41) is 11.0. The topological polar surface area (TPSA) is 85.0 Å². The van der Waals surface area contributed by atoms with E-state index in [9.17, 15) is 4.79 Å². The normalized spacial score (nSPS) is 14.9. The highest BCUT2D eigenvalue weighted by Crippen LogP contribution is 2.35. The van der Waals surface area contributed by atoms with Gasteiger partial charge in [0, 0.05) is 23.4 Å². The third kappa shape index (κ3) is 3.22. The van der Waals surface area contributed by atoms with E-state index in [0.29, 0.717) is 12.2 Å². The van der Waals surface area contributed by atoms with Crippen molar-refractivity contribution >= 4 is 22.7 Å². The van der Waals surface area contributed by atoms with Crippen LogP contribution in [0.5, 0.6) is 0 Å². The largest absolute Gasteiger partial charge is 0.459 e. The highest BCUT2D eigenvalue weighted by Gasteiger charge is 2.20. The van der Waals surface area contributed by atoms with Crippen LogP contribution < -0.4 is 10.6 Å². The highest BCUT2D eigenvalue weighted by molar-refractivity contribution is 6.00. The number of fused-ring (bicyclic) bond motifs is 3. The minimum Gasteiger partial charge on any atom is -0.459 e. The predicted octanol–water partition coefficient (Wildman–Crippen LogP) is 3.11. The molecule has 0 spiro atoms. The Morgan fingerprint density at radius 3 is 3.08 bits per heavy atom. The zero-order chi connectivity index (χ0) is 17.2. The van der Waals surface area contributed by atoms with Crippen molar-refractivity contribution in [2.45, 2.75) is 45.2 Å². The number of nitrogens with one attached hydrogen (secondary N) is 2. The van der Waals surface area contributed by atoms with Gasteiger partial charge in [-0.05, 0) is 32.3 Å². The molecule has 2 heterocycles. The van der Waals surface area contributed by atoms with Crippen LogP contribution in [-0.2, 0) is 19.4 Å². The van der Waals surface area contributed by atoms with E-state index in [1.807, 2.05) is 19.1 Å². The van der Waals surface area contributed by atoms with E-state index in [-0.39, 0.29) is 12.1 Å². The number of urea groups is 1. The van der Waals surface area contributed by atoms with Crippen LogP contribution in [0, 0.1) is 0 Å². The van der Waals surface area contributed by atoms with Gasteiger partial charge in [0.1, 0.15) is 18.4 Å². The number of para-hydroxylation sites is 1. The number of hydrogen-bond donors (Lipinski definition) is 2. The van der Waals surface area contributed by atoms with Crippen molar-refractivity contribution < 1.29 is 9.21 Å². The van der Waals surface area contributed by atoms with Gasteiger partial charge in [-0.3, -0.25) is 4.68 Å². The number of rotatable bonds is 4. The van der Waals surface area contributed by atoms with Gasteiger partial charge in [0.25, 0.3) is 0 Å². The van der Waals surface area contributed by atoms with Crippen molar-refractivity contribution in [1.29, 1.82) is 0 Å². The smallest absolute Gasteiger partial charge is 0.319 e. The predicted molar refractivity (Wildman–Crippen MR) is 94.5 cm³/mol. The van der Waals surface area contributed by atoms with E-state index in [2.05, 4.69) is 26.8 Å². The van der Waals surface area contributed by atoms with Gasteiger partial charge in [0.15, 0.2) is 5.58 Å². The molecule has 0 saturated carbocycles. The number of nitrogens with zero attached hydrogens (tertiary/aromatic N) is 3. The second kappa shape index (κ2) is 6.58. The third-order valence-corrected chi connectivity index (χ3v) is 4.54. The van der Waals surface area contributed by atoms with Crippen LogP contribution in [0.1, 0.15) is 31.1 Å². The Hall–Kier alpha value is -2.83. The van der Waals surface area contributed by atoms with Crippen molar-refractivity contribution in [3.63, 3.8) is 0 Å². The summed E-state index contributed by atoms with van der Waals surface area (Å²) in [5.41, 5.74) is 2.77. The molecule has 7 nitrogen and oxygen atoms in total. The van der Waals surface area contributed by atoms with Gasteiger partial charge in [-0.25, -0.2) is 9.78 Å². The molecule has 130 valence electrons. The lowest BCUT2D eigenvalue weighted by atomic mass is 9.96. The average molecular weight is 339 g/mol. The SMILES string of the molecule is C[C@H](Cn1cncn1)NC(=O)Nc1cccc2c3c(oc12)CCCC3. The molecule has 2 amide bonds. The van der Waals surface area contributed by atoms with Gasteiger partial charge in [0.2, 0.25) is 0 Å². The maximum Gasteiger partial charge on any atom is 0.319 e. The van der Waals surface area contributed by atoms with Gasteiger partial charge in [0.05, 0.1) is 12.2 Å². The lowest BCUT2D eigenvalue weighted by Gasteiger charge is -2.14. The molecule has 0 aliphatic heterocycles. The van der Waals surface area contributed by atoms with E-state index in [1.54, 1.807) is 11.0 Å². The minimum atomic E-state index is -0.255. The molecule has 1 aliphatic rings. The van der Waals surface area contributed by atoms with Gasteiger partial charge >= 0.3 is 6.03 Å². The lowest BCUT2D eigenvalue weighted by Crippen LogP contribution is -2.38. The summed E-state index contributed by atoms with van der Waals surface area (Å²) >= 11 is 0. The molecule has 3 aromatic rings. The Kier molecular flexibility index (Phi) is 4.13. The molecule has 2 N–H and O–H groups in total. The molecule has 0 saturated heterocycles. The number of anilines is 1. The van der Waals surface area contributed by atoms with E-state index < -0.39 is 0 Å². The van der Waals surface area contributed by atoms with Crippen LogP contribution in [0.25, 0.3) is 11.0 Å². The van der Waals surface area contributed by atoms with Crippen LogP contribution in [-0.4, -0.2) is 26.8 Å². The van der Waals surface area contributed by atoms with Crippen LogP contribution in [0.15, 0.2) is 35.3 Å². The fourth-order valence-corrected chi connectivity index (χ4v) is 3.42. The number of hydrogen-bond acceptors (Lipinski definition) is 4. The Labute approximate surface area is 145 Å².